The number of rotatable bonds is 4. The summed E-state index contributed by atoms with van der Waals surface area (Å²) in [5.41, 5.74) is 5.63. The van der Waals surface area contributed by atoms with Gasteiger partial charge in [0, 0.05) is 11.7 Å². The van der Waals surface area contributed by atoms with E-state index < -0.39 is 0 Å². The van der Waals surface area contributed by atoms with Crippen LogP contribution in [0.5, 0.6) is 0 Å². The first-order chi connectivity index (χ1) is 10.1. The predicted molar refractivity (Wildman–Crippen MR) is 91.1 cm³/mol. The molecule has 3 rings (SSSR count). The van der Waals surface area contributed by atoms with Gasteiger partial charge in [0.15, 0.2) is 0 Å². The zero-order valence-electron chi connectivity index (χ0n) is 13.3. The van der Waals surface area contributed by atoms with Crippen molar-refractivity contribution >= 4 is 5.69 Å². The van der Waals surface area contributed by atoms with Crippen LogP contribution in [0.1, 0.15) is 55.2 Å². The van der Waals surface area contributed by atoms with Gasteiger partial charge in [-0.3, -0.25) is 0 Å². The lowest BCUT2D eigenvalue weighted by Crippen LogP contribution is -2.34. The highest BCUT2D eigenvalue weighted by Crippen LogP contribution is 2.39. The van der Waals surface area contributed by atoms with Crippen molar-refractivity contribution in [3.8, 4) is 0 Å². The summed E-state index contributed by atoms with van der Waals surface area (Å²) in [4.78, 5) is 0. The summed E-state index contributed by atoms with van der Waals surface area (Å²) in [5.74, 6) is 1.34. The van der Waals surface area contributed by atoms with Gasteiger partial charge in [-0.25, -0.2) is 0 Å². The summed E-state index contributed by atoms with van der Waals surface area (Å²) in [5, 5.41) is 3.66. The van der Waals surface area contributed by atoms with E-state index in [4.69, 9.17) is 0 Å². The van der Waals surface area contributed by atoms with E-state index in [1.807, 2.05) is 0 Å². The molecule has 0 saturated heterocycles. The maximum Gasteiger partial charge on any atom is 0.0342 e. The Bertz CT molecular complexity index is 591. The summed E-state index contributed by atoms with van der Waals surface area (Å²) in [7, 11) is 0. The zero-order chi connectivity index (χ0) is 14.8. The Morgan fingerprint density at radius 1 is 0.952 bits per heavy atom. The van der Waals surface area contributed by atoms with Crippen molar-refractivity contribution in [1.82, 2.24) is 0 Å². The average molecular weight is 279 g/mol. The Balaban J connectivity index is 1.56. The molecule has 1 fully saturated rings. The van der Waals surface area contributed by atoms with Crippen LogP contribution in [0, 0.1) is 6.92 Å². The second-order valence-corrected chi connectivity index (χ2v) is 6.64. The fourth-order valence-corrected chi connectivity index (χ4v) is 3.23. The monoisotopic (exact) mass is 279 g/mol. The third-order valence-corrected chi connectivity index (χ3v) is 4.71. The van der Waals surface area contributed by atoms with Crippen LogP contribution < -0.4 is 5.32 Å². The van der Waals surface area contributed by atoms with Crippen molar-refractivity contribution in [1.29, 1.82) is 0 Å². The molecule has 2 aromatic rings. The van der Waals surface area contributed by atoms with Gasteiger partial charge in [-0.2, -0.15) is 0 Å². The van der Waals surface area contributed by atoms with Crippen molar-refractivity contribution in [2.75, 3.05) is 5.32 Å². The first-order valence-corrected chi connectivity index (χ1v) is 8.05. The highest BCUT2D eigenvalue weighted by atomic mass is 14.9. The van der Waals surface area contributed by atoms with Crippen molar-refractivity contribution in [2.24, 2.45) is 0 Å². The molecular formula is C20H25N. The third-order valence-electron chi connectivity index (χ3n) is 4.71. The molecule has 1 N–H and O–H groups in total. The molecule has 0 spiro atoms. The van der Waals surface area contributed by atoms with Crippen molar-refractivity contribution in [2.45, 2.75) is 51.5 Å². The molecule has 0 aliphatic heterocycles. The summed E-state index contributed by atoms with van der Waals surface area (Å²) in [6, 6.07) is 18.3. The second kappa shape index (κ2) is 5.93. The van der Waals surface area contributed by atoms with E-state index >= 15 is 0 Å². The molecule has 21 heavy (non-hydrogen) atoms. The van der Waals surface area contributed by atoms with Crippen molar-refractivity contribution in [3.63, 3.8) is 0 Å². The SMILES string of the molecule is Cc1ccccc1C1CC(Nc2ccc(C(C)C)cc2)C1. The molecule has 2 aromatic carbocycles. The Labute approximate surface area is 128 Å². The van der Waals surface area contributed by atoms with Crippen LogP contribution in [-0.4, -0.2) is 6.04 Å². The van der Waals surface area contributed by atoms with Gasteiger partial charge in [-0.05, 0) is 60.4 Å². The van der Waals surface area contributed by atoms with Gasteiger partial charge in [-0.1, -0.05) is 50.2 Å². The zero-order valence-corrected chi connectivity index (χ0v) is 13.3. The van der Waals surface area contributed by atoms with E-state index in [1.165, 1.54) is 35.2 Å². The topological polar surface area (TPSA) is 12.0 Å². The molecular weight excluding hydrogens is 254 g/mol. The van der Waals surface area contributed by atoms with Gasteiger partial charge in [0.2, 0.25) is 0 Å². The van der Waals surface area contributed by atoms with Crippen molar-refractivity contribution in [3.05, 3.63) is 65.2 Å². The minimum absolute atomic E-state index is 0.605. The maximum atomic E-state index is 3.66. The lowest BCUT2D eigenvalue weighted by Gasteiger charge is -2.37. The lowest BCUT2D eigenvalue weighted by atomic mass is 9.74. The first-order valence-electron chi connectivity index (χ1n) is 8.05. The Kier molecular flexibility index (Phi) is 4.01. The van der Waals surface area contributed by atoms with Crippen LogP contribution in [-0.2, 0) is 0 Å². The van der Waals surface area contributed by atoms with Crippen LogP contribution in [0.4, 0.5) is 5.69 Å². The van der Waals surface area contributed by atoms with Gasteiger partial charge in [0.25, 0.3) is 0 Å². The number of aryl methyl sites for hydroxylation is 1. The number of hydrogen-bond donors (Lipinski definition) is 1. The van der Waals surface area contributed by atoms with E-state index in [0.717, 1.165) is 5.92 Å². The Hall–Kier alpha value is -1.76. The van der Waals surface area contributed by atoms with E-state index in [9.17, 15) is 0 Å². The molecule has 110 valence electrons. The molecule has 1 heteroatoms. The number of hydrogen-bond acceptors (Lipinski definition) is 1. The number of nitrogens with one attached hydrogen (secondary N) is 1. The van der Waals surface area contributed by atoms with Gasteiger partial charge < -0.3 is 5.32 Å². The highest BCUT2D eigenvalue weighted by molar-refractivity contribution is 5.47. The van der Waals surface area contributed by atoms with Gasteiger partial charge in [0.05, 0.1) is 0 Å². The number of benzene rings is 2. The maximum absolute atomic E-state index is 3.66. The summed E-state index contributed by atoms with van der Waals surface area (Å²) in [6.07, 6.45) is 2.49. The van der Waals surface area contributed by atoms with E-state index in [0.29, 0.717) is 12.0 Å². The second-order valence-electron chi connectivity index (χ2n) is 6.64. The minimum Gasteiger partial charge on any atom is -0.382 e. The van der Waals surface area contributed by atoms with Crippen LogP contribution >= 0.6 is 0 Å². The highest BCUT2D eigenvalue weighted by Gasteiger charge is 2.30. The standard InChI is InChI=1S/C20H25N/c1-14(2)16-8-10-18(11-9-16)21-19-12-17(13-19)20-7-5-4-6-15(20)3/h4-11,14,17,19,21H,12-13H2,1-3H3. The molecule has 0 amide bonds. The van der Waals surface area contributed by atoms with Gasteiger partial charge in [0.1, 0.15) is 0 Å². The lowest BCUT2D eigenvalue weighted by molar-refractivity contribution is 0.373. The summed E-state index contributed by atoms with van der Waals surface area (Å²) < 4.78 is 0. The molecule has 0 aromatic heterocycles. The molecule has 0 unspecified atom stereocenters. The molecule has 1 saturated carbocycles. The average Bonchev–Trinajstić information content (AvgIpc) is 2.44. The fourth-order valence-electron chi connectivity index (χ4n) is 3.23. The normalized spacial score (nSPS) is 21.1. The van der Waals surface area contributed by atoms with Crippen molar-refractivity contribution < 1.29 is 0 Å². The number of anilines is 1. The van der Waals surface area contributed by atoms with Crippen LogP contribution in [0.2, 0.25) is 0 Å². The molecule has 1 nitrogen and oxygen atoms in total. The molecule has 1 aliphatic carbocycles. The fraction of sp³-hybridized carbons (Fsp3) is 0.400. The Morgan fingerprint density at radius 3 is 2.24 bits per heavy atom. The molecule has 0 heterocycles. The van der Waals surface area contributed by atoms with Gasteiger partial charge in [-0.15, -0.1) is 0 Å². The molecule has 0 atom stereocenters. The van der Waals surface area contributed by atoms with Crippen LogP contribution in [0.25, 0.3) is 0 Å². The van der Waals surface area contributed by atoms with Crippen LogP contribution in [0.15, 0.2) is 48.5 Å². The predicted octanol–water partition coefficient (Wildman–Crippen LogP) is 5.48. The smallest absolute Gasteiger partial charge is 0.0342 e. The van der Waals surface area contributed by atoms with E-state index in [-0.39, 0.29) is 0 Å². The molecule has 1 aliphatic rings. The van der Waals surface area contributed by atoms with E-state index in [2.05, 4.69) is 74.6 Å². The first kappa shape index (κ1) is 14.2. The van der Waals surface area contributed by atoms with Crippen LogP contribution in [0.3, 0.4) is 0 Å². The summed E-state index contributed by atoms with van der Waals surface area (Å²) >= 11 is 0. The quantitative estimate of drug-likeness (QED) is 0.781. The van der Waals surface area contributed by atoms with E-state index in [1.54, 1.807) is 0 Å². The molecule has 0 radical (unpaired) electrons. The third kappa shape index (κ3) is 3.12. The summed E-state index contributed by atoms with van der Waals surface area (Å²) in [6.45, 7) is 6.70. The molecule has 0 bridgehead atoms. The minimum atomic E-state index is 0.605. The van der Waals surface area contributed by atoms with Gasteiger partial charge >= 0.3 is 0 Å². The largest absolute Gasteiger partial charge is 0.382 e. The Morgan fingerprint density at radius 2 is 1.62 bits per heavy atom.